The molecule has 90 valence electrons. The van der Waals surface area contributed by atoms with Gasteiger partial charge in [0.05, 0.1) is 0 Å². The van der Waals surface area contributed by atoms with Crippen molar-refractivity contribution in [3.05, 3.63) is 24.2 Å². The molecule has 0 aliphatic heterocycles. The molecule has 1 rings (SSSR count). The van der Waals surface area contributed by atoms with Crippen molar-refractivity contribution < 1.29 is 8.42 Å². The smallest absolute Gasteiger partial charge is 0.280 e. The molecule has 0 unspecified atom stereocenters. The molecule has 0 aromatic carbocycles. The topological polar surface area (TPSA) is 52.0 Å². The molecular formula is C10H15ClN2O2S. The summed E-state index contributed by atoms with van der Waals surface area (Å²) in [6.07, 6.45) is 5.30. The number of imidazole rings is 1. The fourth-order valence-electron chi connectivity index (χ4n) is 1.35. The van der Waals surface area contributed by atoms with Crippen molar-refractivity contribution in [3.63, 3.8) is 0 Å². The highest BCUT2D eigenvalue weighted by atomic mass is 35.7. The van der Waals surface area contributed by atoms with E-state index >= 15 is 0 Å². The van der Waals surface area contributed by atoms with Crippen molar-refractivity contribution in [1.82, 2.24) is 9.55 Å². The van der Waals surface area contributed by atoms with Crippen LogP contribution in [0.1, 0.15) is 32.5 Å². The van der Waals surface area contributed by atoms with Gasteiger partial charge < -0.3 is 4.57 Å². The van der Waals surface area contributed by atoms with E-state index in [1.807, 2.05) is 32.9 Å². The zero-order valence-corrected chi connectivity index (χ0v) is 11.1. The highest BCUT2D eigenvalue weighted by Crippen LogP contribution is 2.19. The van der Waals surface area contributed by atoms with Crippen LogP contribution < -0.4 is 0 Å². The van der Waals surface area contributed by atoms with Crippen LogP contribution in [-0.4, -0.2) is 18.0 Å². The van der Waals surface area contributed by atoms with Gasteiger partial charge in [0.1, 0.15) is 5.82 Å². The first-order valence-electron chi connectivity index (χ1n) is 4.99. The summed E-state index contributed by atoms with van der Waals surface area (Å²) in [7, 11) is 1.51. The summed E-state index contributed by atoms with van der Waals surface area (Å²) in [6, 6.07) is 0. The van der Waals surface area contributed by atoms with Gasteiger partial charge in [-0.25, -0.2) is 13.4 Å². The molecule has 0 saturated heterocycles. The summed E-state index contributed by atoms with van der Waals surface area (Å²) >= 11 is 0. The molecule has 16 heavy (non-hydrogen) atoms. The Labute approximate surface area is 100 Å². The molecule has 0 radical (unpaired) electrons. The van der Waals surface area contributed by atoms with Gasteiger partial charge >= 0.3 is 0 Å². The van der Waals surface area contributed by atoms with Crippen molar-refractivity contribution in [2.75, 3.05) is 0 Å². The first-order chi connectivity index (χ1) is 7.36. The molecule has 0 fully saturated rings. The fraction of sp³-hybridized carbons (Fsp3) is 0.500. The van der Waals surface area contributed by atoms with E-state index in [1.165, 1.54) is 6.20 Å². The Morgan fingerprint density at radius 1 is 1.56 bits per heavy atom. The van der Waals surface area contributed by atoms with Gasteiger partial charge in [-0.2, -0.15) is 0 Å². The summed E-state index contributed by atoms with van der Waals surface area (Å²) < 4.78 is 24.1. The van der Waals surface area contributed by atoms with E-state index in [2.05, 4.69) is 4.98 Å². The normalized spacial score (nSPS) is 12.8. The lowest BCUT2D eigenvalue weighted by Crippen LogP contribution is -2.02. The van der Waals surface area contributed by atoms with Gasteiger partial charge in [0, 0.05) is 29.3 Å². The maximum atomic E-state index is 11.2. The zero-order chi connectivity index (χ0) is 12.3. The molecule has 6 heteroatoms. The molecule has 0 N–H and O–H groups in total. The van der Waals surface area contributed by atoms with Crippen LogP contribution in [0.5, 0.6) is 0 Å². The van der Waals surface area contributed by atoms with Gasteiger partial charge in [0.2, 0.25) is 0 Å². The number of hydrogen-bond donors (Lipinski definition) is 0. The molecule has 0 atom stereocenters. The molecular weight excluding hydrogens is 248 g/mol. The molecule has 0 aliphatic rings. The Balaban J connectivity index is 3.20. The van der Waals surface area contributed by atoms with Crippen LogP contribution in [-0.2, 0) is 15.6 Å². The second kappa shape index (κ2) is 5.01. The highest BCUT2D eigenvalue weighted by molar-refractivity contribution is 8.13. The standard InChI is InChI=1S/C10H15ClN2O2S/c1-4-5-6-13-7-9(16(11,14)15)12-10(13)8(2)3/h4-5,7-8H,6H2,1-3H3/b5-4+. The Morgan fingerprint density at radius 3 is 2.62 bits per heavy atom. The Hall–Kier alpha value is -0.810. The van der Waals surface area contributed by atoms with Crippen molar-refractivity contribution in [2.24, 2.45) is 0 Å². The predicted octanol–water partition coefficient (Wildman–Crippen LogP) is 2.51. The van der Waals surface area contributed by atoms with Crippen LogP contribution in [0.2, 0.25) is 0 Å². The monoisotopic (exact) mass is 262 g/mol. The molecule has 4 nitrogen and oxygen atoms in total. The van der Waals surface area contributed by atoms with Gasteiger partial charge in [-0.3, -0.25) is 0 Å². The quantitative estimate of drug-likeness (QED) is 0.619. The molecule has 0 saturated carbocycles. The number of hydrogen-bond acceptors (Lipinski definition) is 3. The minimum atomic E-state index is -3.75. The minimum Gasteiger partial charge on any atom is -0.329 e. The summed E-state index contributed by atoms with van der Waals surface area (Å²) in [5.74, 6) is 0.870. The van der Waals surface area contributed by atoms with Crippen LogP contribution in [0, 0.1) is 0 Å². The SMILES string of the molecule is C/C=C/Cn1cc(S(=O)(=O)Cl)nc1C(C)C. The lowest BCUT2D eigenvalue weighted by Gasteiger charge is -2.06. The number of aromatic nitrogens is 2. The first kappa shape index (κ1) is 13.3. The van der Waals surface area contributed by atoms with Crippen molar-refractivity contribution in [1.29, 1.82) is 0 Å². The zero-order valence-electron chi connectivity index (χ0n) is 9.51. The fourth-order valence-corrected chi connectivity index (χ4v) is 2.03. The van der Waals surface area contributed by atoms with Crippen LogP contribution in [0.15, 0.2) is 23.4 Å². The number of allylic oxidation sites excluding steroid dienone is 2. The molecule has 0 amide bonds. The minimum absolute atomic E-state index is 0.0811. The third-order valence-electron chi connectivity index (χ3n) is 2.09. The maximum Gasteiger partial charge on any atom is 0.280 e. The van der Waals surface area contributed by atoms with E-state index in [1.54, 1.807) is 4.57 Å². The molecule has 1 aromatic heterocycles. The lowest BCUT2D eigenvalue weighted by molar-refractivity contribution is 0.606. The van der Waals surface area contributed by atoms with Gasteiger partial charge in [0.25, 0.3) is 9.05 Å². The van der Waals surface area contributed by atoms with Gasteiger partial charge in [-0.05, 0) is 6.92 Å². The van der Waals surface area contributed by atoms with Crippen LogP contribution >= 0.6 is 10.7 Å². The van der Waals surface area contributed by atoms with E-state index in [9.17, 15) is 8.42 Å². The Morgan fingerprint density at radius 2 is 2.19 bits per heavy atom. The van der Waals surface area contributed by atoms with Crippen molar-refractivity contribution in [3.8, 4) is 0 Å². The van der Waals surface area contributed by atoms with Crippen LogP contribution in [0.3, 0.4) is 0 Å². The second-order valence-electron chi connectivity index (χ2n) is 3.75. The summed E-state index contributed by atoms with van der Waals surface area (Å²) in [5.41, 5.74) is 0. The third-order valence-corrected chi connectivity index (χ3v) is 3.26. The van der Waals surface area contributed by atoms with E-state index in [4.69, 9.17) is 10.7 Å². The van der Waals surface area contributed by atoms with Crippen molar-refractivity contribution >= 4 is 19.7 Å². The number of nitrogens with zero attached hydrogens (tertiary/aromatic N) is 2. The molecule has 1 heterocycles. The van der Waals surface area contributed by atoms with Crippen LogP contribution in [0.25, 0.3) is 0 Å². The largest absolute Gasteiger partial charge is 0.329 e. The molecule has 0 bridgehead atoms. The summed E-state index contributed by atoms with van der Waals surface area (Å²) in [5, 5.41) is -0.0811. The van der Waals surface area contributed by atoms with E-state index in [0.717, 1.165) is 5.82 Å². The Kier molecular flexibility index (Phi) is 4.15. The lowest BCUT2D eigenvalue weighted by atomic mass is 10.2. The summed E-state index contributed by atoms with van der Waals surface area (Å²) in [6.45, 7) is 6.42. The average molecular weight is 263 g/mol. The first-order valence-corrected chi connectivity index (χ1v) is 7.30. The second-order valence-corrected chi connectivity index (χ2v) is 6.26. The predicted molar refractivity (Wildman–Crippen MR) is 64.2 cm³/mol. The third kappa shape index (κ3) is 3.09. The number of rotatable bonds is 4. The average Bonchev–Trinajstić information content (AvgIpc) is 2.57. The maximum absolute atomic E-state index is 11.2. The molecule has 1 aromatic rings. The van der Waals surface area contributed by atoms with Gasteiger partial charge in [0.15, 0.2) is 5.03 Å². The van der Waals surface area contributed by atoms with Crippen LogP contribution in [0.4, 0.5) is 0 Å². The number of halogens is 1. The molecule has 0 aliphatic carbocycles. The van der Waals surface area contributed by atoms with Crippen molar-refractivity contribution in [2.45, 2.75) is 38.3 Å². The van der Waals surface area contributed by atoms with E-state index in [0.29, 0.717) is 6.54 Å². The van der Waals surface area contributed by atoms with Gasteiger partial charge in [-0.15, -0.1) is 0 Å². The van der Waals surface area contributed by atoms with Gasteiger partial charge in [-0.1, -0.05) is 26.0 Å². The van der Waals surface area contributed by atoms with E-state index in [-0.39, 0.29) is 10.9 Å². The highest BCUT2D eigenvalue weighted by Gasteiger charge is 2.18. The molecule has 0 spiro atoms. The van der Waals surface area contributed by atoms with E-state index < -0.39 is 9.05 Å². The summed E-state index contributed by atoms with van der Waals surface area (Å²) in [4.78, 5) is 4.04. The Bertz CT molecular complexity index is 489.